The van der Waals surface area contributed by atoms with Gasteiger partial charge in [-0.25, -0.2) is 8.78 Å². The highest BCUT2D eigenvalue weighted by Crippen LogP contribution is 2.29. The lowest BCUT2D eigenvalue weighted by molar-refractivity contribution is -0.118. The van der Waals surface area contributed by atoms with Gasteiger partial charge in [0.15, 0.2) is 0 Å². The molecular weight excluding hydrogens is 452 g/mol. The van der Waals surface area contributed by atoms with Crippen LogP contribution in [0.2, 0.25) is 0 Å². The van der Waals surface area contributed by atoms with Crippen molar-refractivity contribution in [3.05, 3.63) is 95.1 Å². The van der Waals surface area contributed by atoms with Gasteiger partial charge in [0, 0.05) is 23.5 Å². The van der Waals surface area contributed by atoms with Crippen LogP contribution < -0.4 is 15.5 Å². The summed E-state index contributed by atoms with van der Waals surface area (Å²) in [5.41, 5.74) is 2.18. The van der Waals surface area contributed by atoms with E-state index >= 15 is 0 Å². The second-order valence-electron chi connectivity index (χ2n) is 8.69. The smallest absolute Gasteiger partial charge is 0.258 e. The molecule has 8 heteroatoms. The van der Waals surface area contributed by atoms with E-state index in [2.05, 4.69) is 10.6 Å². The lowest BCUT2D eigenvalue weighted by Gasteiger charge is -2.22. The van der Waals surface area contributed by atoms with Crippen LogP contribution in [0.25, 0.3) is 0 Å². The Morgan fingerprint density at radius 1 is 0.886 bits per heavy atom. The number of fused-ring (bicyclic) bond motifs is 1. The molecule has 0 saturated carbocycles. The molecule has 0 aliphatic carbocycles. The van der Waals surface area contributed by atoms with Gasteiger partial charge in [-0.15, -0.1) is 0 Å². The Kier molecular flexibility index (Phi) is 6.91. The topological polar surface area (TPSA) is 78.5 Å². The number of carbonyl (C=O) groups excluding carboxylic acids is 3. The molecule has 0 aromatic heterocycles. The first-order valence-corrected chi connectivity index (χ1v) is 11.3. The van der Waals surface area contributed by atoms with Crippen LogP contribution in [0.5, 0.6) is 0 Å². The Morgan fingerprint density at radius 3 is 2.20 bits per heavy atom. The molecule has 3 aromatic carbocycles. The molecule has 0 fully saturated rings. The van der Waals surface area contributed by atoms with Gasteiger partial charge in [-0.1, -0.05) is 38.1 Å². The molecule has 4 rings (SSSR count). The second-order valence-corrected chi connectivity index (χ2v) is 8.69. The Morgan fingerprint density at radius 2 is 1.54 bits per heavy atom. The molecular formula is C27H25F2N3O3. The maximum atomic E-state index is 14.0. The molecule has 2 N–H and O–H groups in total. The van der Waals surface area contributed by atoms with Crippen molar-refractivity contribution in [1.29, 1.82) is 0 Å². The number of benzene rings is 3. The number of para-hydroxylation sites is 1. The zero-order valence-electron chi connectivity index (χ0n) is 19.3. The monoisotopic (exact) mass is 477 g/mol. The first-order chi connectivity index (χ1) is 16.8. The van der Waals surface area contributed by atoms with Gasteiger partial charge in [-0.05, 0) is 60.4 Å². The van der Waals surface area contributed by atoms with Crippen LogP contribution in [-0.4, -0.2) is 30.3 Å². The van der Waals surface area contributed by atoms with Crippen molar-refractivity contribution < 1.29 is 23.2 Å². The van der Waals surface area contributed by atoms with Crippen molar-refractivity contribution in [3.8, 4) is 0 Å². The number of hydrogen-bond donors (Lipinski definition) is 2. The average Bonchev–Trinajstić information content (AvgIpc) is 3.26. The quantitative estimate of drug-likeness (QED) is 0.546. The third-order valence-corrected chi connectivity index (χ3v) is 5.96. The molecule has 6 nitrogen and oxygen atoms in total. The highest BCUT2D eigenvalue weighted by molar-refractivity contribution is 6.07. The molecule has 0 spiro atoms. The molecule has 1 aliphatic heterocycles. The molecule has 0 saturated heterocycles. The van der Waals surface area contributed by atoms with Crippen LogP contribution in [0.15, 0.2) is 66.7 Å². The fourth-order valence-electron chi connectivity index (χ4n) is 4.08. The SMILES string of the molecule is CC(C)C(NC(=O)c1c(F)cccc1F)C(=O)Nc1ccc(C(=O)N2CCc3ccccc32)cc1. The predicted molar refractivity (Wildman–Crippen MR) is 129 cm³/mol. The number of carbonyl (C=O) groups is 3. The van der Waals surface area contributed by atoms with Crippen molar-refractivity contribution in [1.82, 2.24) is 5.32 Å². The largest absolute Gasteiger partial charge is 0.340 e. The summed E-state index contributed by atoms with van der Waals surface area (Å²) in [7, 11) is 0. The van der Waals surface area contributed by atoms with Gasteiger partial charge >= 0.3 is 0 Å². The number of nitrogens with zero attached hydrogens (tertiary/aromatic N) is 1. The number of anilines is 2. The lowest BCUT2D eigenvalue weighted by Crippen LogP contribution is -2.47. The van der Waals surface area contributed by atoms with E-state index in [0.29, 0.717) is 17.8 Å². The zero-order valence-corrected chi connectivity index (χ0v) is 19.3. The van der Waals surface area contributed by atoms with Crippen molar-refractivity contribution in [2.75, 3.05) is 16.8 Å². The minimum absolute atomic E-state index is 0.132. The highest BCUT2D eigenvalue weighted by Gasteiger charge is 2.28. The van der Waals surface area contributed by atoms with E-state index in [4.69, 9.17) is 0 Å². The summed E-state index contributed by atoms with van der Waals surface area (Å²) >= 11 is 0. The molecule has 3 aromatic rings. The normalized spacial score (nSPS) is 13.3. The van der Waals surface area contributed by atoms with Crippen LogP contribution in [0.1, 0.15) is 40.1 Å². The van der Waals surface area contributed by atoms with E-state index in [-0.39, 0.29) is 11.8 Å². The van der Waals surface area contributed by atoms with Gasteiger partial charge in [-0.3, -0.25) is 14.4 Å². The molecule has 180 valence electrons. The van der Waals surface area contributed by atoms with E-state index in [1.165, 1.54) is 0 Å². The van der Waals surface area contributed by atoms with E-state index in [1.54, 1.807) is 43.0 Å². The third kappa shape index (κ3) is 5.06. The van der Waals surface area contributed by atoms with Gasteiger partial charge < -0.3 is 15.5 Å². The Labute approximate surface area is 201 Å². The van der Waals surface area contributed by atoms with Gasteiger partial charge in [0.1, 0.15) is 23.2 Å². The fraction of sp³-hybridized carbons (Fsp3) is 0.222. The Bertz CT molecular complexity index is 1250. The van der Waals surface area contributed by atoms with E-state index < -0.39 is 35.1 Å². The minimum atomic E-state index is -1.04. The lowest BCUT2D eigenvalue weighted by atomic mass is 10.0. The second kappa shape index (κ2) is 10.0. The Hall–Kier alpha value is -4.07. The van der Waals surface area contributed by atoms with Gasteiger partial charge in [-0.2, -0.15) is 0 Å². The highest BCUT2D eigenvalue weighted by atomic mass is 19.1. The molecule has 1 aliphatic rings. The van der Waals surface area contributed by atoms with Crippen molar-refractivity contribution in [2.45, 2.75) is 26.3 Å². The predicted octanol–water partition coefficient (Wildman–Crippen LogP) is 4.56. The molecule has 35 heavy (non-hydrogen) atoms. The first-order valence-electron chi connectivity index (χ1n) is 11.3. The van der Waals surface area contributed by atoms with E-state index in [0.717, 1.165) is 35.9 Å². The molecule has 3 amide bonds. The van der Waals surface area contributed by atoms with Crippen LogP contribution >= 0.6 is 0 Å². The maximum absolute atomic E-state index is 14.0. The fourth-order valence-corrected chi connectivity index (χ4v) is 4.08. The summed E-state index contributed by atoms with van der Waals surface area (Å²) in [5.74, 6) is -4.06. The Balaban J connectivity index is 1.44. The van der Waals surface area contributed by atoms with Crippen LogP contribution in [0.3, 0.4) is 0 Å². The molecule has 0 radical (unpaired) electrons. The molecule has 0 bridgehead atoms. The van der Waals surface area contributed by atoms with Gasteiger partial charge in [0.05, 0.1) is 0 Å². The van der Waals surface area contributed by atoms with Crippen LogP contribution in [-0.2, 0) is 11.2 Å². The summed E-state index contributed by atoms with van der Waals surface area (Å²) in [6, 6.07) is 16.3. The van der Waals surface area contributed by atoms with Crippen molar-refractivity contribution in [3.63, 3.8) is 0 Å². The zero-order chi connectivity index (χ0) is 25.1. The first kappa shape index (κ1) is 24.1. The summed E-state index contributed by atoms with van der Waals surface area (Å²) in [5, 5.41) is 5.11. The minimum Gasteiger partial charge on any atom is -0.340 e. The summed E-state index contributed by atoms with van der Waals surface area (Å²) in [6.07, 6.45) is 0.801. The summed E-state index contributed by atoms with van der Waals surface area (Å²) < 4.78 is 27.9. The number of halogens is 2. The van der Waals surface area contributed by atoms with Crippen LogP contribution in [0.4, 0.5) is 20.2 Å². The van der Waals surface area contributed by atoms with Gasteiger partial charge in [0.25, 0.3) is 11.8 Å². The van der Waals surface area contributed by atoms with E-state index in [9.17, 15) is 23.2 Å². The number of hydrogen-bond acceptors (Lipinski definition) is 3. The molecule has 1 heterocycles. The third-order valence-electron chi connectivity index (χ3n) is 5.96. The van der Waals surface area contributed by atoms with Crippen molar-refractivity contribution in [2.24, 2.45) is 5.92 Å². The van der Waals surface area contributed by atoms with E-state index in [1.807, 2.05) is 24.3 Å². The average molecular weight is 478 g/mol. The summed E-state index contributed by atoms with van der Waals surface area (Å²) in [6.45, 7) is 4.02. The summed E-state index contributed by atoms with van der Waals surface area (Å²) in [4.78, 5) is 40.1. The van der Waals surface area contributed by atoms with Crippen LogP contribution in [0, 0.1) is 17.6 Å². The number of nitrogens with one attached hydrogen (secondary N) is 2. The maximum Gasteiger partial charge on any atom is 0.258 e. The molecule has 1 atom stereocenters. The standard InChI is InChI=1S/C27H25F2N3O3/c1-16(2)24(31-25(33)23-20(28)7-5-8-21(23)29)26(34)30-19-12-10-18(11-13-19)27(35)32-15-14-17-6-3-4-9-22(17)32/h3-13,16,24H,14-15H2,1-2H3,(H,30,34)(H,31,33). The number of amides is 3. The number of rotatable bonds is 6. The van der Waals surface area contributed by atoms with Crippen molar-refractivity contribution >= 4 is 29.1 Å². The van der Waals surface area contributed by atoms with Gasteiger partial charge in [0.2, 0.25) is 5.91 Å². The molecule has 1 unspecified atom stereocenters.